The zero-order valence-electron chi connectivity index (χ0n) is 19.1. The van der Waals surface area contributed by atoms with Crippen molar-refractivity contribution in [2.24, 2.45) is 5.92 Å². The largest absolute Gasteiger partial charge is 0.497 e. The maximum atomic E-state index is 12.5. The molecular formula is C24H28N6O4. The van der Waals surface area contributed by atoms with Crippen LogP contribution >= 0.6 is 0 Å². The minimum Gasteiger partial charge on any atom is -0.497 e. The second-order valence-corrected chi connectivity index (χ2v) is 8.08. The first-order chi connectivity index (χ1) is 16.5. The number of carbonyl (C=O) groups excluding carboxylic acids is 1. The standard InChI is InChI=1S/C24H28N6O4/c1-25-23(31)18-12-26-10-9-20(18)30(24(32)33)13-15-5-3-8-19-21(15)22(28-14-27-19)29-16-6-4-7-17(11-16)34-2/h3-8,11,14,18,20,26H,9-10,12-13H2,1-2H3,(H,25,31)(H,32,33)(H,27,28,29)/t18-,20-/m1/s1. The van der Waals surface area contributed by atoms with Gasteiger partial charge in [-0.15, -0.1) is 0 Å². The van der Waals surface area contributed by atoms with E-state index in [1.54, 1.807) is 14.2 Å². The molecule has 1 aromatic heterocycles. The van der Waals surface area contributed by atoms with Gasteiger partial charge in [-0.2, -0.15) is 0 Å². The number of benzene rings is 2. The Labute approximate surface area is 197 Å². The molecule has 2 amide bonds. The Morgan fingerprint density at radius 1 is 1.24 bits per heavy atom. The Morgan fingerprint density at radius 3 is 2.82 bits per heavy atom. The van der Waals surface area contributed by atoms with Gasteiger partial charge in [0.1, 0.15) is 17.9 Å². The first kappa shape index (κ1) is 23.2. The summed E-state index contributed by atoms with van der Waals surface area (Å²) >= 11 is 0. The molecule has 2 atom stereocenters. The van der Waals surface area contributed by atoms with Crippen molar-refractivity contribution < 1.29 is 19.4 Å². The molecule has 0 saturated carbocycles. The van der Waals surface area contributed by atoms with E-state index in [-0.39, 0.29) is 12.5 Å². The molecule has 0 bridgehead atoms. The number of nitrogens with zero attached hydrogens (tertiary/aromatic N) is 3. The molecule has 178 valence electrons. The van der Waals surface area contributed by atoms with Gasteiger partial charge in [-0.1, -0.05) is 18.2 Å². The van der Waals surface area contributed by atoms with Crippen molar-refractivity contribution in [2.45, 2.75) is 19.0 Å². The number of ether oxygens (including phenoxy) is 1. The zero-order chi connectivity index (χ0) is 24.1. The molecule has 2 aromatic carbocycles. The van der Waals surface area contributed by atoms with Gasteiger partial charge in [0, 0.05) is 36.8 Å². The second kappa shape index (κ2) is 10.3. The molecule has 4 N–H and O–H groups in total. The first-order valence-corrected chi connectivity index (χ1v) is 11.1. The van der Waals surface area contributed by atoms with Crippen LogP contribution in [0.4, 0.5) is 16.3 Å². The summed E-state index contributed by atoms with van der Waals surface area (Å²) in [5.74, 6) is 0.611. The maximum absolute atomic E-state index is 12.5. The van der Waals surface area contributed by atoms with Crippen LogP contribution in [0.25, 0.3) is 10.9 Å². The Kier molecular flexibility index (Phi) is 7.07. The summed E-state index contributed by atoms with van der Waals surface area (Å²) < 4.78 is 5.31. The molecule has 0 aliphatic carbocycles. The molecule has 34 heavy (non-hydrogen) atoms. The summed E-state index contributed by atoms with van der Waals surface area (Å²) in [5, 5.41) is 20.0. The van der Waals surface area contributed by atoms with E-state index in [0.717, 1.165) is 16.6 Å². The van der Waals surface area contributed by atoms with Crippen LogP contribution in [-0.4, -0.2) is 65.3 Å². The molecule has 1 aliphatic heterocycles. The van der Waals surface area contributed by atoms with Gasteiger partial charge in [-0.3, -0.25) is 4.79 Å². The molecule has 10 heteroatoms. The number of aromatic nitrogens is 2. The van der Waals surface area contributed by atoms with E-state index < -0.39 is 18.1 Å². The summed E-state index contributed by atoms with van der Waals surface area (Å²) in [6.45, 7) is 1.17. The average Bonchev–Trinajstić information content (AvgIpc) is 2.87. The lowest BCUT2D eigenvalue weighted by Gasteiger charge is -2.38. The minimum absolute atomic E-state index is 0.102. The molecule has 0 radical (unpaired) electrons. The number of rotatable bonds is 7. The average molecular weight is 465 g/mol. The molecule has 1 saturated heterocycles. The third kappa shape index (κ3) is 4.86. The summed E-state index contributed by atoms with van der Waals surface area (Å²) in [6, 6.07) is 12.6. The predicted octanol–water partition coefficient (Wildman–Crippen LogP) is 2.59. The SMILES string of the molecule is CNC(=O)[C@@H]1CNCC[C@H]1N(Cc1cccc2ncnc(Nc3cccc(OC)c3)c12)C(=O)O. The van der Waals surface area contributed by atoms with Gasteiger partial charge in [0.05, 0.1) is 25.1 Å². The minimum atomic E-state index is -1.07. The Morgan fingerprint density at radius 2 is 2.06 bits per heavy atom. The fourth-order valence-corrected chi connectivity index (χ4v) is 4.43. The third-order valence-corrected chi connectivity index (χ3v) is 6.10. The van der Waals surface area contributed by atoms with Crippen LogP contribution in [0, 0.1) is 5.92 Å². The van der Waals surface area contributed by atoms with Crippen LogP contribution in [0.2, 0.25) is 0 Å². The van der Waals surface area contributed by atoms with E-state index in [0.29, 0.717) is 36.6 Å². The van der Waals surface area contributed by atoms with Gasteiger partial charge < -0.3 is 30.7 Å². The van der Waals surface area contributed by atoms with Gasteiger partial charge >= 0.3 is 6.09 Å². The van der Waals surface area contributed by atoms with E-state index in [9.17, 15) is 14.7 Å². The molecule has 10 nitrogen and oxygen atoms in total. The maximum Gasteiger partial charge on any atom is 0.407 e. The highest BCUT2D eigenvalue weighted by Gasteiger charge is 2.37. The Balaban J connectivity index is 1.71. The third-order valence-electron chi connectivity index (χ3n) is 6.10. The lowest BCUT2D eigenvalue weighted by Crippen LogP contribution is -2.55. The molecule has 0 unspecified atom stereocenters. The number of hydrogen-bond donors (Lipinski definition) is 4. The monoisotopic (exact) mass is 464 g/mol. The molecule has 0 spiro atoms. The number of anilines is 2. The highest BCUT2D eigenvalue weighted by Crippen LogP contribution is 2.30. The number of hydrogen-bond acceptors (Lipinski definition) is 7. The quantitative estimate of drug-likeness (QED) is 0.420. The molecule has 4 rings (SSSR count). The number of amides is 2. The van der Waals surface area contributed by atoms with Gasteiger partial charge in [0.25, 0.3) is 0 Å². The lowest BCUT2D eigenvalue weighted by atomic mass is 9.90. The van der Waals surface area contributed by atoms with E-state index in [1.807, 2.05) is 42.5 Å². The number of nitrogens with one attached hydrogen (secondary N) is 3. The summed E-state index contributed by atoms with van der Waals surface area (Å²) in [6.07, 6.45) is 0.940. The van der Waals surface area contributed by atoms with Crippen LogP contribution in [0.5, 0.6) is 5.75 Å². The molecule has 2 heterocycles. The number of fused-ring (bicyclic) bond motifs is 1. The van der Waals surface area contributed by atoms with Crippen molar-refractivity contribution in [3.63, 3.8) is 0 Å². The summed E-state index contributed by atoms with van der Waals surface area (Å²) in [7, 11) is 3.17. The first-order valence-electron chi connectivity index (χ1n) is 11.1. The second-order valence-electron chi connectivity index (χ2n) is 8.08. The van der Waals surface area contributed by atoms with Crippen LogP contribution < -0.4 is 20.7 Å². The van der Waals surface area contributed by atoms with E-state index >= 15 is 0 Å². The predicted molar refractivity (Wildman–Crippen MR) is 128 cm³/mol. The van der Waals surface area contributed by atoms with Gasteiger partial charge in [-0.25, -0.2) is 14.8 Å². The number of carbonyl (C=O) groups is 2. The van der Waals surface area contributed by atoms with Crippen molar-refractivity contribution in [2.75, 3.05) is 32.6 Å². The highest BCUT2D eigenvalue weighted by molar-refractivity contribution is 5.93. The van der Waals surface area contributed by atoms with Gasteiger partial charge in [0.2, 0.25) is 5.91 Å². The Bertz CT molecular complexity index is 1180. The van der Waals surface area contributed by atoms with Crippen LogP contribution in [0.15, 0.2) is 48.8 Å². The van der Waals surface area contributed by atoms with E-state index in [2.05, 4.69) is 25.9 Å². The van der Waals surface area contributed by atoms with Gasteiger partial charge in [-0.05, 0) is 36.7 Å². The van der Waals surface area contributed by atoms with Crippen molar-refractivity contribution in [3.8, 4) is 5.75 Å². The summed E-state index contributed by atoms with van der Waals surface area (Å²) in [4.78, 5) is 35.0. The van der Waals surface area contributed by atoms with Crippen molar-refractivity contribution in [1.29, 1.82) is 0 Å². The fourth-order valence-electron chi connectivity index (χ4n) is 4.43. The van der Waals surface area contributed by atoms with Crippen LogP contribution in [0.1, 0.15) is 12.0 Å². The molecule has 1 aliphatic rings. The number of methoxy groups -OCH3 is 1. The Hall–Kier alpha value is -3.92. The topological polar surface area (TPSA) is 129 Å². The molecule has 3 aromatic rings. The normalized spacial score (nSPS) is 17.7. The molecule has 1 fully saturated rings. The van der Waals surface area contributed by atoms with Crippen LogP contribution in [0.3, 0.4) is 0 Å². The van der Waals surface area contributed by atoms with Crippen molar-refractivity contribution in [3.05, 3.63) is 54.4 Å². The lowest BCUT2D eigenvalue weighted by molar-refractivity contribution is -0.127. The zero-order valence-corrected chi connectivity index (χ0v) is 19.1. The highest BCUT2D eigenvalue weighted by atomic mass is 16.5. The van der Waals surface area contributed by atoms with Crippen LogP contribution in [-0.2, 0) is 11.3 Å². The van der Waals surface area contributed by atoms with E-state index in [1.165, 1.54) is 11.2 Å². The van der Waals surface area contributed by atoms with Crippen molar-refractivity contribution in [1.82, 2.24) is 25.5 Å². The fraction of sp³-hybridized carbons (Fsp3) is 0.333. The summed E-state index contributed by atoms with van der Waals surface area (Å²) in [5.41, 5.74) is 2.22. The smallest absolute Gasteiger partial charge is 0.407 e. The van der Waals surface area contributed by atoms with Crippen molar-refractivity contribution >= 4 is 34.4 Å². The number of piperidine rings is 1. The molecular weight excluding hydrogens is 436 g/mol. The van der Waals surface area contributed by atoms with E-state index in [4.69, 9.17) is 4.74 Å². The number of carboxylic acid groups (broad SMARTS) is 1. The van der Waals surface area contributed by atoms with Gasteiger partial charge in [0.15, 0.2) is 0 Å².